The molecule has 1 aliphatic carbocycles. The molecule has 2 fully saturated rings. The Morgan fingerprint density at radius 1 is 1.05 bits per heavy atom. The van der Waals surface area contributed by atoms with E-state index in [-0.39, 0.29) is 11.9 Å². The second-order valence-electron chi connectivity index (χ2n) is 6.26. The van der Waals surface area contributed by atoms with Crippen LogP contribution in [-0.2, 0) is 0 Å². The van der Waals surface area contributed by atoms with E-state index in [4.69, 9.17) is 5.73 Å². The summed E-state index contributed by atoms with van der Waals surface area (Å²) >= 11 is 0. The van der Waals surface area contributed by atoms with Gasteiger partial charge in [0.1, 0.15) is 12.0 Å². The normalized spacial score (nSPS) is 35.4. The molecule has 2 nitrogen and oxygen atoms in total. The summed E-state index contributed by atoms with van der Waals surface area (Å²) < 4.78 is 26.6. The summed E-state index contributed by atoms with van der Waals surface area (Å²) in [4.78, 5) is 2.22. The molecule has 0 unspecified atom stereocenters. The van der Waals surface area contributed by atoms with E-state index >= 15 is 0 Å². The zero-order valence-corrected chi connectivity index (χ0v) is 11.6. The van der Waals surface area contributed by atoms with Crippen molar-refractivity contribution in [3.05, 3.63) is 35.6 Å². The highest BCUT2D eigenvalue weighted by Crippen LogP contribution is 2.37. The summed E-state index contributed by atoms with van der Waals surface area (Å²) in [6, 6.07) is 7.19. The maximum Gasteiger partial charge on any atom is 0.123 e. The van der Waals surface area contributed by atoms with Crippen molar-refractivity contribution in [3.63, 3.8) is 0 Å². The molecule has 2 aliphatic rings. The Balaban J connectivity index is 1.63. The average molecular weight is 280 g/mol. The predicted molar refractivity (Wildman–Crippen MR) is 75.8 cm³/mol. The third kappa shape index (κ3) is 3.01. The second-order valence-corrected chi connectivity index (χ2v) is 6.26. The van der Waals surface area contributed by atoms with Crippen molar-refractivity contribution in [2.45, 2.75) is 49.9 Å². The molecule has 1 aliphatic heterocycles. The molecular formula is C16H22F2N2. The fourth-order valence-corrected chi connectivity index (χ4v) is 3.73. The second kappa shape index (κ2) is 5.78. The van der Waals surface area contributed by atoms with Gasteiger partial charge in [-0.25, -0.2) is 8.78 Å². The van der Waals surface area contributed by atoms with Crippen molar-refractivity contribution in [3.8, 4) is 0 Å². The number of hydrogen-bond acceptors (Lipinski definition) is 2. The van der Waals surface area contributed by atoms with Gasteiger partial charge in [0.2, 0.25) is 0 Å². The van der Waals surface area contributed by atoms with Gasteiger partial charge < -0.3 is 5.73 Å². The lowest BCUT2D eigenvalue weighted by atomic mass is 9.96. The fraction of sp³-hybridized carbons (Fsp3) is 0.625. The first-order chi connectivity index (χ1) is 9.61. The quantitative estimate of drug-likeness (QED) is 0.902. The number of alkyl halides is 1. The highest BCUT2D eigenvalue weighted by Gasteiger charge is 2.34. The molecule has 20 heavy (non-hydrogen) atoms. The molecule has 0 radical (unpaired) electrons. The first-order valence-corrected chi connectivity index (χ1v) is 7.51. The molecule has 0 spiro atoms. The molecule has 1 aromatic rings. The van der Waals surface area contributed by atoms with Crippen molar-refractivity contribution < 1.29 is 8.78 Å². The van der Waals surface area contributed by atoms with Gasteiger partial charge in [0.25, 0.3) is 0 Å². The van der Waals surface area contributed by atoms with Crippen LogP contribution in [-0.4, -0.2) is 36.2 Å². The topological polar surface area (TPSA) is 29.3 Å². The molecule has 0 amide bonds. The SMILES string of the molecule is N[C@@H]1C[C@@H](F)CN([C@@H]2CC[C@H](c3ccc(F)cc3)C2)C1. The predicted octanol–water partition coefficient (Wildman–Crippen LogP) is 2.83. The van der Waals surface area contributed by atoms with Crippen molar-refractivity contribution >= 4 is 0 Å². The van der Waals surface area contributed by atoms with Crippen LogP contribution in [0.1, 0.15) is 37.2 Å². The minimum absolute atomic E-state index is 0.0383. The van der Waals surface area contributed by atoms with Crippen LogP contribution in [0.3, 0.4) is 0 Å². The smallest absolute Gasteiger partial charge is 0.123 e. The van der Waals surface area contributed by atoms with E-state index in [1.807, 2.05) is 12.1 Å². The Kier molecular flexibility index (Phi) is 4.03. The lowest BCUT2D eigenvalue weighted by Crippen LogP contribution is -2.51. The lowest BCUT2D eigenvalue weighted by Gasteiger charge is -2.37. The summed E-state index contributed by atoms with van der Waals surface area (Å²) in [6.45, 7) is 1.33. The largest absolute Gasteiger partial charge is 0.326 e. The van der Waals surface area contributed by atoms with E-state index in [2.05, 4.69) is 4.90 Å². The maximum atomic E-state index is 13.6. The molecule has 1 aromatic carbocycles. The highest BCUT2D eigenvalue weighted by atomic mass is 19.1. The van der Waals surface area contributed by atoms with Crippen molar-refractivity contribution in [1.29, 1.82) is 0 Å². The number of hydrogen-bond donors (Lipinski definition) is 1. The monoisotopic (exact) mass is 280 g/mol. The molecule has 1 heterocycles. The van der Waals surface area contributed by atoms with Crippen LogP contribution in [0.25, 0.3) is 0 Å². The minimum Gasteiger partial charge on any atom is -0.326 e. The molecule has 1 saturated heterocycles. The van der Waals surface area contributed by atoms with Gasteiger partial charge >= 0.3 is 0 Å². The number of piperidine rings is 1. The Bertz CT molecular complexity index is 438. The summed E-state index contributed by atoms with van der Waals surface area (Å²) in [6.07, 6.45) is 2.92. The zero-order chi connectivity index (χ0) is 14.1. The summed E-state index contributed by atoms with van der Waals surface area (Å²) in [5.41, 5.74) is 7.12. The Morgan fingerprint density at radius 3 is 2.50 bits per heavy atom. The molecule has 110 valence electrons. The van der Waals surface area contributed by atoms with Gasteiger partial charge in [-0.05, 0) is 49.3 Å². The highest BCUT2D eigenvalue weighted by molar-refractivity contribution is 5.22. The van der Waals surface area contributed by atoms with Gasteiger partial charge in [0.05, 0.1) is 0 Å². The number of likely N-dealkylation sites (tertiary alicyclic amines) is 1. The fourth-order valence-electron chi connectivity index (χ4n) is 3.73. The van der Waals surface area contributed by atoms with Crippen molar-refractivity contribution in [2.75, 3.05) is 13.1 Å². The first kappa shape index (κ1) is 14.0. The zero-order valence-electron chi connectivity index (χ0n) is 11.6. The standard InChI is InChI=1S/C16H22F2N2/c17-13-4-1-11(2-5-13)12-3-6-16(7-12)20-9-14(18)8-15(19)10-20/h1-2,4-5,12,14-16H,3,6-10,19H2/t12-,14+,15+,16+/m0/s1. The van der Waals surface area contributed by atoms with Crippen LogP contribution in [0.15, 0.2) is 24.3 Å². The minimum atomic E-state index is -0.788. The molecule has 0 aromatic heterocycles. The van der Waals surface area contributed by atoms with Crippen LogP contribution >= 0.6 is 0 Å². The van der Waals surface area contributed by atoms with E-state index in [9.17, 15) is 8.78 Å². The van der Waals surface area contributed by atoms with Gasteiger partial charge in [-0.1, -0.05) is 12.1 Å². The first-order valence-electron chi connectivity index (χ1n) is 7.51. The third-order valence-electron chi connectivity index (χ3n) is 4.72. The van der Waals surface area contributed by atoms with E-state index in [0.29, 0.717) is 24.9 Å². The van der Waals surface area contributed by atoms with E-state index < -0.39 is 6.17 Å². The van der Waals surface area contributed by atoms with Crippen molar-refractivity contribution in [2.24, 2.45) is 5.73 Å². The molecule has 2 N–H and O–H groups in total. The molecular weight excluding hydrogens is 258 g/mol. The molecule has 1 saturated carbocycles. The van der Waals surface area contributed by atoms with Gasteiger partial charge in [-0.3, -0.25) is 4.90 Å². The van der Waals surface area contributed by atoms with Gasteiger partial charge in [-0.2, -0.15) is 0 Å². The summed E-state index contributed by atoms with van der Waals surface area (Å²) in [5.74, 6) is 0.280. The lowest BCUT2D eigenvalue weighted by molar-refractivity contribution is 0.0874. The van der Waals surface area contributed by atoms with Crippen LogP contribution < -0.4 is 5.73 Å². The average Bonchev–Trinajstić information content (AvgIpc) is 2.88. The van der Waals surface area contributed by atoms with Gasteiger partial charge in [-0.15, -0.1) is 0 Å². The maximum absolute atomic E-state index is 13.6. The number of nitrogens with two attached hydrogens (primary N) is 1. The number of rotatable bonds is 2. The molecule has 4 heteroatoms. The van der Waals surface area contributed by atoms with Crippen LogP contribution in [0, 0.1) is 5.82 Å². The van der Waals surface area contributed by atoms with Gasteiger partial charge in [0, 0.05) is 25.2 Å². The Morgan fingerprint density at radius 2 is 1.80 bits per heavy atom. The molecule has 0 bridgehead atoms. The molecule has 3 rings (SSSR count). The summed E-state index contributed by atoms with van der Waals surface area (Å²) in [7, 11) is 0. The Labute approximate surface area is 118 Å². The Hall–Kier alpha value is -1.00. The number of halogens is 2. The summed E-state index contributed by atoms with van der Waals surface area (Å²) in [5, 5.41) is 0. The number of benzene rings is 1. The van der Waals surface area contributed by atoms with E-state index in [1.165, 1.54) is 17.7 Å². The van der Waals surface area contributed by atoms with Crippen molar-refractivity contribution in [1.82, 2.24) is 4.90 Å². The molecule has 4 atom stereocenters. The van der Waals surface area contributed by atoms with Gasteiger partial charge in [0.15, 0.2) is 0 Å². The van der Waals surface area contributed by atoms with Crippen LogP contribution in [0.2, 0.25) is 0 Å². The van der Waals surface area contributed by atoms with E-state index in [1.54, 1.807) is 0 Å². The van der Waals surface area contributed by atoms with E-state index in [0.717, 1.165) is 25.8 Å². The third-order valence-corrected chi connectivity index (χ3v) is 4.72. The van der Waals surface area contributed by atoms with Crippen LogP contribution in [0.4, 0.5) is 8.78 Å². The van der Waals surface area contributed by atoms with Crippen LogP contribution in [0.5, 0.6) is 0 Å². The number of nitrogens with zero attached hydrogens (tertiary/aromatic N) is 1.